The van der Waals surface area contributed by atoms with Crippen molar-refractivity contribution < 1.29 is 13.6 Å². The molecule has 0 saturated carbocycles. The molecule has 0 aliphatic rings. The highest BCUT2D eigenvalue weighted by Crippen LogP contribution is 2.20. The van der Waals surface area contributed by atoms with Crippen LogP contribution in [0.5, 0.6) is 0 Å². The highest BCUT2D eigenvalue weighted by atomic mass is 79.9. The maximum atomic E-state index is 13.1. The van der Waals surface area contributed by atoms with Crippen molar-refractivity contribution in [3.63, 3.8) is 0 Å². The predicted octanol–water partition coefficient (Wildman–Crippen LogP) is 4.27. The number of carbonyl (C=O) groups is 1. The molecule has 2 rings (SSSR count). The van der Waals surface area contributed by atoms with E-state index in [1.807, 2.05) is 0 Å². The Balaban J connectivity index is 2.41. The van der Waals surface area contributed by atoms with E-state index in [-0.39, 0.29) is 16.1 Å². The Labute approximate surface area is 112 Å². The summed E-state index contributed by atoms with van der Waals surface area (Å²) in [6, 6.07) is 8.18. The quantitative estimate of drug-likeness (QED) is 0.757. The summed E-state index contributed by atoms with van der Waals surface area (Å²) in [5, 5.41) is 0. The molecule has 0 unspecified atom stereocenters. The molecule has 0 aliphatic heterocycles. The van der Waals surface area contributed by atoms with E-state index in [0.29, 0.717) is 16.7 Å². The van der Waals surface area contributed by atoms with Crippen LogP contribution in [0.1, 0.15) is 21.5 Å². The summed E-state index contributed by atoms with van der Waals surface area (Å²) in [7, 11) is 0. The number of benzene rings is 2. The molecule has 0 heterocycles. The van der Waals surface area contributed by atoms with E-state index < -0.39 is 5.82 Å². The molecule has 0 radical (unpaired) electrons. The molecule has 2 aromatic carbocycles. The van der Waals surface area contributed by atoms with Gasteiger partial charge in [-0.2, -0.15) is 0 Å². The number of ketones is 1. The van der Waals surface area contributed by atoms with Crippen molar-refractivity contribution in [1.29, 1.82) is 0 Å². The molecule has 2 aromatic rings. The molecule has 4 heteroatoms. The van der Waals surface area contributed by atoms with E-state index in [4.69, 9.17) is 0 Å². The standard InChI is InChI=1S/C14H9BrF2O/c1-8-6-9(2-4-12(8)16)14(18)10-3-5-13(17)11(15)7-10/h2-7H,1H3. The van der Waals surface area contributed by atoms with Gasteiger partial charge < -0.3 is 0 Å². The molecule has 0 amide bonds. The third-order valence-electron chi connectivity index (χ3n) is 2.60. The van der Waals surface area contributed by atoms with Crippen molar-refractivity contribution >= 4 is 21.7 Å². The minimum atomic E-state index is -0.429. The summed E-state index contributed by atoms with van der Waals surface area (Å²) in [6.45, 7) is 1.59. The van der Waals surface area contributed by atoms with Gasteiger partial charge in [-0.05, 0) is 64.8 Å². The summed E-state index contributed by atoms with van der Waals surface area (Å²) < 4.78 is 26.4. The van der Waals surface area contributed by atoms with E-state index in [1.165, 1.54) is 36.4 Å². The van der Waals surface area contributed by atoms with Gasteiger partial charge in [0.1, 0.15) is 11.6 Å². The SMILES string of the molecule is Cc1cc(C(=O)c2ccc(F)c(Br)c2)ccc1F. The van der Waals surface area contributed by atoms with Crippen LogP contribution in [-0.2, 0) is 0 Å². The Hall–Kier alpha value is -1.55. The van der Waals surface area contributed by atoms with Crippen LogP contribution in [0.15, 0.2) is 40.9 Å². The molecular weight excluding hydrogens is 302 g/mol. The van der Waals surface area contributed by atoms with Gasteiger partial charge in [-0.15, -0.1) is 0 Å². The average molecular weight is 311 g/mol. The lowest BCUT2D eigenvalue weighted by molar-refractivity contribution is 0.103. The van der Waals surface area contributed by atoms with E-state index in [2.05, 4.69) is 15.9 Å². The fraction of sp³-hybridized carbons (Fsp3) is 0.0714. The van der Waals surface area contributed by atoms with E-state index in [0.717, 1.165) is 0 Å². The van der Waals surface area contributed by atoms with Crippen LogP contribution in [-0.4, -0.2) is 5.78 Å². The first-order valence-electron chi connectivity index (χ1n) is 5.25. The molecule has 92 valence electrons. The van der Waals surface area contributed by atoms with Gasteiger partial charge in [-0.1, -0.05) is 0 Å². The summed E-state index contributed by atoms with van der Waals surface area (Å²) in [5.74, 6) is -1.05. The third-order valence-corrected chi connectivity index (χ3v) is 3.21. The highest BCUT2D eigenvalue weighted by molar-refractivity contribution is 9.10. The fourth-order valence-electron chi connectivity index (χ4n) is 1.59. The Morgan fingerprint density at radius 1 is 1.00 bits per heavy atom. The monoisotopic (exact) mass is 310 g/mol. The summed E-state index contributed by atoms with van der Waals surface area (Å²) >= 11 is 3.03. The van der Waals surface area contributed by atoms with Crippen LogP contribution < -0.4 is 0 Å². The molecule has 0 aromatic heterocycles. The topological polar surface area (TPSA) is 17.1 Å². The van der Waals surface area contributed by atoms with Crippen molar-refractivity contribution in [3.05, 3.63) is 69.2 Å². The Morgan fingerprint density at radius 2 is 1.56 bits per heavy atom. The number of hydrogen-bond acceptors (Lipinski definition) is 1. The lowest BCUT2D eigenvalue weighted by atomic mass is 10.0. The van der Waals surface area contributed by atoms with Crippen molar-refractivity contribution in [1.82, 2.24) is 0 Å². The van der Waals surface area contributed by atoms with Gasteiger partial charge in [0.15, 0.2) is 5.78 Å². The maximum absolute atomic E-state index is 13.1. The van der Waals surface area contributed by atoms with Crippen molar-refractivity contribution in [2.45, 2.75) is 6.92 Å². The zero-order valence-corrected chi connectivity index (χ0v) is 11.1. The van der Waals surface area contributed by atoms with Gasteiger partial charge in [-0.3, -0.25) is 4.79 Å². The van der Waals surface area contributed by atoms with Gasteiger partial charge in [-0.25, -0.2) is 8.78 Å². The van der Waals surface area contributed by atoms with Crippen LogP contribution >= 0.6 is 15.9 Å². The third kappa shape index (κ3) is 2.48. The zero-order chi connectivity index (χ0) is 13.3. The fourth-order valence-corrected chi connectivity index (χ4v) is 1.97. The van der Waals surface area contributed by atoms with E-state index in [1.54, 1.807) is 6.92 Å². The molecule has 0 fully saturated rings. The maximum Gasteiger partial charge on any atom is 0.193 e. The van der Waals surface area contributed by atoms with Gasteiger partial charge in [0.25, 0.3) is 0 Å². The predicted molar refractivity (Wildman–Crippen MR) is 68.7 cm³/mol. The number of aryl methyl sites for hydroxylation is 1. The van der Waals surface area contributed by atoms with Crippen LogP contribution in [0.3, 0.4) is 0 Å². The first-order chi connectivity index (χ1) is 8.49. The van der Waals surface area contributed by atoms with Crippen LogP contribution in [0, 0.1) is 18.6 Å². The second kappa shape index (κ2) is 4.98. The molecule has 0 bridgehead atoms. The molecule has 18 heavy (non-hydrogen) atoms. The smallest absolute Gasteiger partial charge is 0.193 e. The van der Waals surface area contributed by atoms with Crippen LogP contribution in [0.4, 0.5) is 8.78 Å². The van der Waals surface area contributed by atoms with Crippen molar-refractivity contribution in [3.8, 4) is 0 Å². The molecule has 0 saturated heterocycles. The Morgan fingerprint density at radius 3 is 2.11 bits per heavy atom. The number of halogens is 3. The minimum absolute atomic E-state index is 0.229. The highest BCUT2D eigenvalue weighted by Gasteiger charge is 2.12. The summed E-state index contributed by atoms with van der Waals surface area (Å²) in [6.07, 6.45) is 0. The van der Waals surface area contributed by atoms with Crippen molar-refractivity contribution in [2.75, 3.05) is 0 Å². The number of rotatable bonds is 2. The molecule has 1 nitrogen and oxygen atoms in total. The van der Waals surface area contributed by atoms with Gasteiger partial charge in [0, 0.05) is 11.1 Å². The molecule has 0 atom stereocenters. The Bertz CT molecular complexity index is 570. The molecule has 0 N–H and O–H groups in total. The Kier molecular flexibility index (Phi) is 3.57. The summed E-state index contributed by atoms with van der Waals surface area (Å²) in [5.41, 5.74) is 1.14. The minimum Gasteiger partial charge on any atom is -0.289 e. The first kappa shape index (κ1) is 12.9. The second-order valence-corrected chi connectivity index (χ2v) is 4.78. The molecular formula is C14H9BrF2O. The second-order valence-electron chi connectivity index (χ2n) is 3.92. The van der Waals surface area contributed by atoms with Crippen LogP contribution in [0.2, 0.25) is 0 Å². The van der Waals surface area contributed by atoms with Gasteiger partial charge in [0.2, 0.25) is 0 Å². The molecule has 0 aliphatic carbocycles. The normalized spacial score (nSPS) is 10.4. The largest absolute Gasteiger partial charge is 0.289 e. The number of carbonyl (C=O) groups excluding carboxylic acids is 1. The lowest BCUT2D eigenvalue weighted by Gasteiger charge is -2.04. The van der Waals surface area contributed by atoms with Crippen molar-refractivity contribution in [2.24, 2.45) is 0 Å². The summed E-state index contributed by atoms with van der Waals surface area (Å²) in [4.78, 5) is 12.1. The number of hydrogen-bond donors (Lipinski definition) is 0. The zero-order valence-electron chi connectivity index (χ0n) is 9.51. The van der Waals surface area contributed by atoms with Gasteiger partial charge in [0.05, 0.1) is 4.47 Å². The molecule has 0 spiro atoms. The van der Waals surface area contributed by atoms with Crippen LogP contribution in [0.25, 0.3) is 0 Å². The lowest BCUT2D eigenvalue weighted by Crippen LogP contribution is -2.02. The van der Waals surface area contributed by atoms with E-state index in [9.17, 15) is 13.6 Å². The van der Waals surface area contributed by atoms with Gasteiger partial charge >= 0.3 is 0 Å². The first-order valence-corrected chi connectivity index (χ1v) is 6.04. The average Bonchev–Trinajstić information content (AvgIpc) is 2.35. The van der Waals surface area contributed by atoms with E-state index >= 15 is 0 Å².